The Balaban J connectivity index is 2.30. The van der Waals surface area contributed by atoms with Crippen LogP contribution in [0.4, 0.5) is 4.39 Å². The maximum Gasteiger partial charge on any atom is 0.166 e. The molecule has 0 radical (unpaired) electrons. The second kappa shape index (κ2) is 5.00. The highest BCUT2D eigenvalue weighted by Crippen LogP contribution is 2.27. The zero-order chi connectivity index (χ0) is 13.1. The first-order chi connectivity index (χ1) is 8.58. The van der Waals surface area contributed by atoms with Crippen LogP contribution in [0.2, 0.25) is 0 Å². The van der Waals surface area contributed by atoms with E-state index < -0.39 is 5.82 Å². The van der Waals surface area contributed by atoms with Crippen LogP contribution in [0.25, 0.3) is 0 Å². The summed E-state index contributed by atoms with van der Waals surface area (Å²) in [6.45, 7) is 3.29. The summed E-state index contributed by atoms with van der Waals surface area (Å²) in [4.78, 5) is 11.1. The third-order valence-corrected chi connectivity index (χ3v) is 2.65. The molecule has 2 rings (SSSR count). The number of rotatable bonds is 3. The van der Waals surface area contributed by atoms with E-state index in [2.05, 4.69) is 0 Å². The number of carbonyl (C=O) groups excluding carboxylic acids is 1. The average Bonchev–Trinajstić information content (AvgIpc) is 2.34. The van der Waals surface area contributed by atoms with Gasteiger partial charge >= 0.3 is 0 Å². The van der Waals surface area contributed by atoms with E-state index in [0.717, 1.165) is 5.56 Å². The minimum absolute atomic E-state index is 0.120. The molecule has 2 aromatic rings. The summed E-state index contributed by atoms with van der Waals surface area (Å²) >= 11 is 0. The monoisotopic (exact) mass is 244 g/mol. The second-order valence-electron chi connectivity index (χ2n) is 4.07. The van der Waals surface area contributed by atoms with Crippen LogP contribution < -0.4 is 4.74 Å². The van der Waals surface area contributed by atoms with E-state index in [1.54, 1.807) is 12.1 Å². The summed E-state index contributed by atoms with van der Waals surface area (Å²) in [6, 6.07) is 11.6. The standard InChI is InChI=1S/C15H13FO2/c1-10-5-3-4-6-14(10)18-15-8-7-12(11(2)17)9-13(15)16/h3-9H,1-2H3. The lowest BCUT2D eigenvalue weighted by Gasteiger charge is -2.09. The van der Waals surface area contributed by atoms with Crippen molar-refractivity contribution in [2.24, 2.45) is 0 Å². The minimum atomic E-state index is -0.536. The first-order valence-corrected chi connectivity index (χ1v) is 5.62. The van der Waals surface area contributed by atoms with Gasteiger partial charge in [0.25, 0.3) is 0 Å². The molecule has 0 aliphatic heterocycles. The molecule has 92 valence electrons. The number of aryl methyl sites for hydroxylation is 1. The molecule has 0 saturated heterocycles. The van der Waals surface area contributed by atoms with E-state index in [1.807, 2.05) is 25.1 Å². The third kappa shape index (κ3) is 2.56. The Morgan fingerprint density at radius 1 is 1.11 bits per heavy atom. The number of ketones is 1. The Kier molecular flexibility index (Phi) is 3.42. The summed E-state index contributed by atoms with van der Waals surface area (Å²) < 4.78 is 19.2. The van der Waals surface area contributed by atoms with Crippen molar-refractivity contribution in [3.8, 4) is 11.5 Å². The summed E-state index contributed by atoms with van der Waals surface area (Å²) in [7, 11) is 0. The second-order valence-corrected chi connectivity index (χ2v) is 4.07. The number of Topliss-reactive ketones (excluding diaryl/α,β-unsaturated/α-hetero) is 1. The molecule has 2 aromatic carbocycles. The maximum atomic E-state index is 13.8. The fraction of sp³-hybridized carbons (Fsp3) is 0.133. The topological polar surface area (TPSA) is 26.3 Å². The van der Waals surface area contributed by atoms with E-state index in [1.165, 1.54) is 19.1 Å². The third-order valence-electron chi connectivity index (χ3n) is 2.65. The lowest BCUT2D eigenvalue weighted by molar-refractivity contribution is 0.101. The Hall–Kier alpha value is -2.16. The number of carbonyl (C=O) groups is 1. The predicted molar refractivity (Wildman–Crippen MR) is 67.7 cm³/mol. The molecule has 0 aliphatic carbocycles. The molecule has 0 saturated carbocycles. The van der Waals surface area contributed by atoms with E-state index in [-0.39, 0.29) is 11.5 Å². The van der Waals surface area contributed by atoms with Crippen LogP contribution in [-0.2, 0) is 0 Å². The number of ether oxygens (including phenoxy) is 1. The molecule has 0 N–H and O–H groups in total. The van der Waals surface area contributed by atoms with E-state index in [0.29, 0.717) is 11.3 Å². The molecule has 18 heavy (non-hydrogen) atoms. The van der Waals surface area contributed by atoms with Gasteiger partial charge in [0.15, 0.2) is 17.3 Å². The van der Waals surface area contributed by atoms with Crippen molar-refractivity contribution in [1.29, 1.82) is 0 Å². The zero-order valence-electron chi connectivity index (χ0n) is 10.2. The molecular weight excluding hydrogens is 231 g/mol. The first kappa shape index (κ1) is 12.3. The van der Waals surface area contributed by atoms with Crippen molar-refractivity contribution in [2.45, 2.75) is 13.8 Å². The van der Waals surface area contributed by atoms with Crippen LogP contribution >= 0.6 is 0 Å². The minimum Gasteiger partial charge on any atom is -0.454 e. The zero-order valence-corrected chi connectivity index (χ0v) is 10.2. The molecule has 0 aliphatic rings. The summed E-state index contributed by atoms with van der Waals surface area (Å²) in [6.07, 6.45) is 0. The van der Waals surface area contributed by atoms with Crippen LogP contribution in [0.1, 0.15) is 22.8 Å². The highest BCUT2D eigenvalue weighted by atomic mass is 19.1. The Labute approximate surface area is 105 Å². The van der Waals surface area contributed by atoms with E-state index >= 15 is 0 Å². The van der Waals surface area contributed by atoms with Gasteiger partial charge in [-0.2, -0.15) is 0 Å². The van der Waals surface area contributed by atoms with Gasteiger partial charge in [-0.05, 0) is 43.7 Å². The predicted octanol–water partition coefficient (Wildman–Crippen LogP) is 4.13. The van der Waals surface area contributed by atoms with Crippen molar-refractivity contribution in [2.75, 3.05) is 0 Å². The molecule has 2 nitrogen and oxygen atoms in total. The number of hydrogen-bond acceptors (Lipinski definition) is 2. The van der Waals surface area contributed by atoms with Gasteiger partial charge < -0.3 is 4.74 Å². The molecule has 0 unspecified atom stereocenters. The molecule has 0 amide bonds. The Morgan fingerprint density at radius 2 is 1.83 bits per heavy atom. The van der Waals surface area contributed by atoms with Crippen LogP contribution in [0.5, 0.6) is 11.5 Å². The number of hydrogen-bond donors (Lipinski definition) is 0. The average molecular weight is 244 g/mol. The fourth-order valence-electron chi connectivity index (χ4n) is 1.59. The summed E-state index contributed by atoms with van der Waals surface area (Å²) in [5.41, 5.74) is 1.26. The number of para-hydroxylation sites is 1. The van der Waals surface area contributed by atoms with Crippen LogP contribution in [0.15, 0.2) is 42.5 Å². The van der Waals surface area contributed by atoms with Crippen molar-refractivity contribution in [1.82, 2.24) is 0 Å². The van der Waals surface area contributed by atoms with Crippen LogP contribution in [0, 0.1) is 12.7 Å². The summed E-state index contributed by atoms with van der Waals surface area (Å²) in [5, 5.41) is 0. The van der Waals surface area contributed by atoms with Gasteiger partial charge in [-0.3, -0.25) is 4.79 Å². The number of benzene rings is 2. The molecule has 0 atom stereocenters. The highest BCUT2D eigenvalue weighted by molar-refractivity contribution is 5.94. The van der Waals surface area contributed by atoms with Gasteiger partial charge in [0.05, 0.1) is 0 Å². The van der Waals surface area contributed by atoms with Gasteiger partial charge in [0.1, 0.15) is 5.75 Å². The Morgan fingerprint density at radius 3 is 2.44 bits per heavy atom. The molecule has 0 spiro atoms. The van der Waals surface area contributed by atoms with Crippen molar-refractivity contribution >= 4 is 5.78 Å². The molecule has 0 aromatic heterocycles. The lowest BCUT2D eigenvalue weighted by Crippen LogP contribution is -1.95. The smallest absolute Gasteiger partial charge is 0.166 e. The van der Waals surface area contributed by atoms with Gasteiger partial charge in [-0.1, -0.05) is 18.2 Å². The van der Waals surface area contributed by atoms with Crippen molar-refractivity contribution in [3.63, 3.8) is 0 Å². The quantitative estimate of drug-likeness (QED) is 0.759. The largest absolute Gasteiger partial charge is 0.454 e. The highest BCUT2D eigenvalue weighted by Gasteiger charge is 2.09. The van der Waals surface area contributed by atoms with Gasteiger partial charge in [-0.15, -0.1) is 0 Å². The normalized spacial score (nSPS) is 10.2. The fourth-order valence-corrected chi connectivity index (χ4v) is 1.59. The Bertz CT molecular complexity index is 591. The first-order valence-electron chi connectivity index (χ1n) is 5.62. The van der Waals surface area contributed by atoms with Gasteiger partial charge in [0, 0.05) is 5.56 Å². The SMILES string of the molecule is CC(=O)c1ccc(Oc2ccccc2C)c(F)c1. The molecule has 0 bridgehead atoms. The number of halogens is 1. The molecule has 3 heteroatoms. The summed E-state index contributed by atoms with van der Waals surface area (Å²) in [5.74, 6) is 0.0172. The van der Waals surface area contributed by atoms with Crippen LogP contribution in [-0.4, -0.2) is 5.78 Å². The van der Waals surface area contributed by atoms with Gasteiger partial charge in [-0.25, -0.2) is 4.39 Å². The van der Waals surface area contributed by atoms with E-state index in [9.17, 15) is 9.18 Å². The van der Waals surface area contributed by atoms with Crippen LogP contribution in [0.3, 0.4) is 0 Å². The molecule has 0 fully saturated rings. The van der Waals surface area contributed by atoms with Gasteiger partial charge in [0.2, 0.25) is 0 Å². The molecule has 0 heterocycles. The maximum absolute atomic E-state index is 13.8. The van der Waals surface area contributed by atoms with Crippen molar-refractivity contribution < 1.29 is 13.9 Å². The lowest BCUT2D eigenvalue weighted by atomic mass is 10.1. The van der Waals surface area contributed by atoms with E-state index in [4.69, 9.17) is 4.74 Å². The molecular formula is C15H13FO2. The van der Waals surface area contributed by atoms with Crippen molar-refractivity contribution in [3.05, 3.63) is 59.4 Å².